The molecular formula is C25H33N5O2. The van der Waals surface area contributed by atoms with E-state index in [0.717, 1.165) is 49.6 Å². The molecular weight excluding hydrogens is 402 g/mol. The lowest BCUT2D eigenvalue weighted by atomic mass is 9.87. The van der Waals surface area contributed by atoms with Gasteiger partial charge in [-0.05, 0) is 43.2 Å². The third-order valence-electron chi connectivity index (χ3n) is 7.42. The van der Waals surface area contributed by atoms with Crippen LogP contribution in [0.5, 0.6) is 0 Å². The number of H-pyrrole nitrogens is 1. The SMILES string of the molecule is O=C(CC1CCCCC1)N1CC[C@@H](c2nc3c(c(=O)[nH]2)CCN(Cc2cccnc2)C3)C1. The minimum Gasteiger partial charge on any atom is -0.342 e. The van der Waals surface area contributed by atoms with Gasteiger partial charge in [0.25, 0.3) is 5.56 Å². The Morgan fingerprint density at radius 2 is 2.03 bits per heavy atom. The van der Waals surface area contributed by atoms with Gasteiger partial charge in [0.1, 0.15) is 5.82 Å². The van der Waals surface area contributed by atoms with Crippen LogP contribution in [-0.4, -0.2) is 50.3 Å². The van der Waals surface area contributed by atoms with Gasteiger partial charge in [0.15, 0.2) is 0 Å². The van der Waals surface area contributed by atoms with Crippen molar-refractivity contribution < 1.29 is 4.79 Å². The number of hydrogen-bond acceptors (Lipinski definition) is 5. The first-order valence-corrected chi connectivity index (χ1v) is 12.2. The molecule has 0 unspecified atom stereocenters. The summed E-state index contributed by atoms with van der Waals surface area (Å²) in [6.07, 6.45) is 12.2. The fraction of sp³-hybridized carbons (Fsp3) is 0.600. The Morgan fingerprint density at radius 3 is 2.84 bits per heavy atom. The fourth-order valence-electron chi connectivity index (χ4n) is 5.57. The molecule has 0 aromatic carbocycles. The van der Waals surface area contributed by atoms with Gasteiger partial charge in [0.05, 0.1) is 5.69 Å². The van der Waals surface area contributed by atoms with Gasteiger partial charge < -0.3 is 9.88 Å². The van der Waals surface area contributed by atoms with Crippen LogP contribution in [0.25, 0.3) is 0 Å². The highest BCUT2D eigenvalue weighted by Crippen LogP contribution is 2.30. The molecule has 0 radical (unpaired) electrons. The lowest BCUT2D eigenvalue weighted by Crippen LogP contribution is -2.36. The van der Waals surface area contributed by atoms with E-state index >= 15 is 0 Å². The number of nitrogens with zero attached hydrogens (tertiary/aromatic N) is 4. The highest BCUT2D eigenvalue weighted by Gasteiger charge is 2.31. The Morgan fingerprint density at radius 1 is 1.16 bits per heavy atom. The number of aromatic amines is 1. The quantitative estimate of drug-likeness (QED) is 0.781. The Bertz CT molecular complexity index is 999. The molecule has 1 N–H and O–H groups in total. The molecule has 3 aliphatic rings. The summed E-state index contributed by atoms with van der Waals surface area (Å²) in [5.74, 6) is 1.71. The molecule has 0 bridgehead atoms. The van der Waals surface area contributed by atoms with Gasteiger partial charge in [-0.15, -0.1) is 0 Å². The van der Waals surface area contributed by atoms with Crippen molar-refractivity contribution in [1.82, 2.24) is 24.8 Å². The van der Waals surface area contributed by atoms with Gasteiger partial charge in [0.2, 0.25) is 5.91 Å². The van der Waals surface area contributed by atoms with Crippen LogP contribution in [0.2, 0.25) is 0 Å². The van der Waals surface area contributed by atoms with Gasteiger partial charge in [-0.3, -0.25) is 19.5 Å². The minimum atomic E-state index is -0.00184. The third kappa shape index (κ3) is 4.77. The van der Waals surface area contributed by atoms with Crippen molar-refractivity contribution in [3.8, 4) is 0 Å². The molecule has 2 aliphatic heterocycles. The average Bonchev–Trinajstić information content (AvgIpc) is 3.31. The van der Waals surface area contributed by atoms with Crippen molar-refractivity contribution in [2.24, 2.45) is 5.92 Å². The molecule has 5 rings (SSSR count). The van der Waals surface area contributed by atoms with Crippen LogP contribution >= 0.6 is 0 Å². The maximum atomic E-state index is 12.8. The molecule has 32 heavy (non-hydrogen) atoms. The second-order valence-electron chi connectivity index (χ2n) is 9.73. The number of carbonyl (C=O) groups is 1. The first kappa shape index (κ1) is 21.3. The smallest absolute Gasteiger partial charge is 0.254 e. The van der Waals surface area contributed by atoms with Gasteiger partial charge >= 0.3 is 0 Å². The summed E-state index contributed by atoms with van der Waals surface area (Å²) in [7, 11) is 0. The first-order chi connectivity index (χ1) is 15.7. The van der Waals surface area contributed by atoms with Crippen LogP contribution < -0.4 is 5.56 Å². The van der Waals surface area contributed by atoms with E-state index in [0.29, 0.717) is 25.4 Å². The van der Waals surface area contributed by atoms with Gasteiger partial charge in [-0.1, -0.05) is 25.3 Å². The van der Waals surface area contributed by atoms with Crippen LogP contribution in [0.3, 0.4) is 0 Å². The summed E-state index contributed by atoms with van der Waals surface area (Å²) in [4.78, 5) is 42.1. The molecule has 1 saturated heterocycles. The summed E-state index contributed by atoms with van der Waals surface area (Å²) in [5.41, 5.74) is 2.88. The van der Waals surface area contributed by atoms with Gasteiger partial charge in [-0.25, -0.2) is 4.98 Å². The zero-order valence-electron chi connectivity index (χ0n) is 18.8. The Hall–Kier alpha value is -2.54. The topological polar surface area (TPSA) is 82.2 Å². The number of amides is 1. The van der Waals surface area contributed by atoms with E-state index in [1.54, 1.807) is 6.20 Å². The second-order valence-corrected chi connectivity index (χ2v) is 9.73. The first-order valence-electron chi connectivity index (χ1n) is 12.2. The third-order valence-corrected chi connectivity index (χ3v) is 7.42. The van der Waals surface area contributed by atoms with Crippen molar-refractivity contribution in [1.29, 1.82) is 0 Å². The fourth-order valence-corrected chi connectivity index (χ4v) is 5.57. The number of aromatic nitrogens is 3. The van der Waals surface area contributed by atoms with Gasteiger partial charge in [-0.2, -0.15) is 0 Å². The lowest BCUT2D eigenvalue weighted by Gasteiger charge is -2.28. The van der Waals surface area contributed by atoms with E-state index < -0.39 is 0 Å². The van der Waals surface area contributed by atoms with E-state index in [4.69, 9.17) is 4.98 Å². The Kier molecular flexibility index (Phi) is 6.35. The normalized spacial score (nSPS) is 22.1. The highest BCUT2D eigenvalue weighted by atomic mass is 16.2. The highest BCUT2D eigenvalue weighted by molar-refractivity contribution is 5.76. The molecule has 1 aliphatic carbocycles. The maximum absolute atomic E-state index is 12.8. The number of carbonyl (C=O) groups excluding carboxylic acids is 1. The van der Waals surface area contributed by atoms with Crippen LogP contribution in [0.1, 0.15) is 73.5 Å². The Balaban J connectivity index is 1.24. The molecule has 2 aromatic rings. The predicted molar refractivity (Wildman–Crippen MR) is 122 cm³/mol. The molecule has 1 saturated carbocycles. The van der Waals surface area contributed by atoms with Crippen LogP contribution in [0.4, 0.5) is 0 Å². The molecule has 1 atom stereocenters. The van der Waals surface area contributed by atoms with E-state index in [2.05, 4.69) is 20.9 Å². The van der Waals surface area contributed by atoms with Crippen LogP contribution in [-0.2, 0) is 24.3 Å². The second kappa shape index (κ2) is 9.53. The van der Waals surface area contributed by atoms with E-state index in [1.807, 2.05) is 17.2 Å². The number of nitrogens with one attached hydrogen (secondary N) is 1. The van der Waals surface area contributed by atoms with E-state index in [-0.39, 0.29) is 17.4 Å². The van der Waals surface area contributed by atoms with Crippen molar-refractivity contribution in [3.05, 3.63) is 57.5 Å². The summed E-state index contributed by atoms with van der Waals surface area (Å²) in [6.45, 7) is 3.78. The standard InChI is InChI=1S/C25H33N5O2/c31-23(13-18-5-2-1-3-6-18)30-12-8-20(16-30)24-27-22-17-29(11-9-21(22)25(32)28-24)15-19-7-4-10-26-14-19/h4,7,10,14,18,20H,1-3,5-6,8-9,11-13,15-17H2,(H,27,28,32)/t20-/m1/s1. The molecule has 4 heterocycles. The minimum absolute atomic E-state index is 0.00184. The van der Waals surface area contributed by atoms with Crippen molar-refractivity contribution in [3.63, 3.8) is 0 Å². The number of likely N-dealkylation sites (tertiary alicyclic amines) is 1. The number of rotatable bonds is 5. The number of pyridine rings is 1. The molecule has 2 aromatic heterocycles. The molecule has 2 fully saturated rings. The largest absolute Gasteiger partial charge is 0.342 e. The average molecular weight is 436 g/mol. The predicted octanol–water partition coefficient (Wildman–Crippen LogP) is 3.01. The number of fused-ring (bicyclic) bond motifs is 1. The molecule has 7 heteroatoms. The summed E-state index contributed by atoms with van der Waals surface area (Å²) >= 11 is 0. The molecule has 0 spiro atoms. The maximum Gasteiger partial charge on any atom is 0.254 e. The summed E-state index contributed by atoms with van der Waals surface area (Å²) < 4.78 is 0. The zero-order chi connectivity index (χ0) is 21.9. The van der Waals surface area contributed by atoms with E-state index in [1.165, 1.54) is 37.7 Å². The van der Waals surface area contributed by atoms with Crippen LogP contribution in [0.15, 0.2) is 29.3 Å². The molecule has 170 valence electrons. The van der Waals surface area contributed by atoms with Gasteiger partial charge in [0, 0.05) is 63.0 Å². The number of hydrogen-bond donors (Lipinski definition) is 1. The summed E-state index contributed by atoms with van der Waals surface area (Å²) in [6, 6.07) is 4.03. The monoisotopic (exact) mass is 435 g/mol. The Labute approximate surface area is 189 Å². The van der Waals surface area contributed by atoms with Crippen molar-refractivity contribution >= 4 is 5.91 Å². The summed E-state index contributed by atoms with van der Waals surface area (Å²) in [5, 5.41) is 0. The molecule has 1 amide bonds. The zero-order valence-corrected chi connectivity index (χ0v) is 18.8. The lowest BCUT2D eigenvalue weighted by molar-refractivity contribution is -0.131. The van der Waals surface area contributed by atoms with E-state index in [9.17, 15) is 9.59 Å². The van der Waals surface area contributed by atoms with Crippen molar-refractivity contribution in [2.45, 2.75) is 70.4 Å². The van der Waals surface area contributed by atoms with Crippen LogP contribution in [0, 0.1) is 5.92 Å². The van der Waals surface area contributed by atoms with Crippen molar-refractivity contribution in [2.75, 3.05) is 19.6 Å². The molecule has 7 nitrogen and oxygen atoms in total.